The SMILES string of the molecule is CCCCCCCCCCCCCCCCNC(=O)C(N)CCCC. The van der Waals surface area contributed by atoms with E-state index < -0.39 is 0 Å². The lowest BCUT2D eigenvalue weighted by Crippen LogP contribution is -2.40. The number of carbonyl (C=O) groups excluding carboxylic acids is 1. The molecule has 3 N–H and O–H groups in total. The molecule has 3 nitrogen and oxygen atoms in total. The second kappa shape index (κ2) is 19.8. The first-order valence-electron chi connectivity index (χ1n) is 11.3. The predicted octanol–water partition coefficient (Wildman–Crippen LogP) is 6.10. The molecule has 0 spiro atoms. The summed E-state index contributed by atoms with van der Waals surface area (Å²) in [5, 5.41) is 2.97. The molecule has 0 aliphatic heterocycles. The van der Waals surface area contributed by atoms with Gasteiger partial charge in [0, 0.05) is 6.54 Å². The van der Waals surface area contributed by atoms with Crippen molar-refractivity contribution in [1.82, 2.24) is 5.32 Å². The van der Waals surface area contributed by atoms with Crippen molar-refractivity contribution in [2.45, 2.75) is 129 Å². The Bertz CT molecular complexity index is 281. The van der Waals surface area contributed by atoms with Gasteiger partial charge in [-0.25, -0.2) is 0 Å². The minimum atomic E-state index is -0.313. The van der Waals surface area contributed by atoms with Gasteiger partial charge >= 0.3 is 0 Å². The number of nitrogens with one attached hydrogen (secondary N) is 1. The molecule has 150 valence electrons. The van der Waals surface area contributed by atoms with Crippen molar-refractivity contribution in [3.05, 3.63) is 0 Å². The molecule has 0 aromatic heterocycles. The van der Waals surface area contributed by atoms with Gasteiger partial charge in [0.1, 0.15) is 0 Å². The maximum Gasteiger partial charge on any atom is 0.236 e. The molecule has 0 saturated carbocycles. The largest absolute Gasteiger partial charge is 0.355 e. The van der Waals surface area contributed by atoms with E-state index in [1.54, 1.807) is 0 Å². The highest BCUT2D eigenvalue weighted by Gasteiger charge is 2.11. The van der Waals surface area contributed by atoms with Crippen molar-refractivity contribution in [3.63, 3.8) is 0 Å². The first-order chi connectivity index (χ1) is 12.2. The quantitative estimate of drug-likeness (QED) is 0.275. The first kappa shape index (κ1) is 24.4. The summed E-state index contributed by atoms with van der Waals surface area (Å²) in [6.07, 6.45) is 22.0. The fourth-order valence-corrected chi connectivity index (χ4v) is 3.22. The van der Waals surface area contributed by atoms with Gasteiger partial charge in [0.2, 0.25) is 5.91 Å². The molecule has 0 aliphatic carbocycles. The van der Waals surface area contributed by atoms with Gasteiger partial charge in [-0.2, -0.15) is 0 Å². The fourth-order valence-electron chi connectivity index (χ4n) is 3.22. The number of rotatable bonds is 19. The smallest absolute Gasteiger partial charge is 0.236 e. The Labute approximate surface area is 157 Å². The second-order valence-corrected chi connectivity index (χ2v) is 7.64. The number of hydrogen-bond donors (Lipinski definition) is 2. The van der Waals surface area contributed by atoms with Crippen LogP contribution >= 0.6 is 0 Å². The minimum Gasteiger partial charge on any atom is -0.355 e. The molecule has 0 radical (unpaired) electrons. The average Bonchev–Trinajstić information content (AvgIpc) is 2.62. The van der Waals surface area contributed by atoms with E-state index in [0.29, 0.717) is 0 Å². The summed E-state index contributed by atoms with van der Waals surface area (Å²) in [4.78, 5) is 11.7. The van der Waals surface area contributed by atoms with E-state index in [-0.39, 0.29) is 11.9 Å². The Balaban J connectivity index is 3.17. The van der Waals surface area contributed by atoms with Crippen molar-refractivity contribution < 1.29 is 4.79 Å². The van der Waals surface area contributed by atoms with Gasteiger partial charge in [0.25, 0.3) is 0 Å². The van der Waals surface area contributed by atoms with Crippen LogP contribution in [0.1, 0.15) is 123 Å². The number of hydrogen-bond acceptors (Lipinski definition) is 2. The Morgan fingerprint density at radius 2 is 1.08 bits per heavy atom. The molecule has 1 unspecified atom stereocenters. The third-order valence-corrected chi connectivity index (χ3v) is 5.04. The molecule has 25 heavy (non-hydrogen) atoms. The summed E-state index contributed by atoms with van der Waals surface area (Å²) in [7, 11) is 0. The van der Waals surface area contributed by atoms with Crippen molar-refractivity contribution >= 4 is 5.91 Å². The number of amides is 1. The predicted molar refractivity (Wildman–Crippen MR) is 111 cm³/mol. The molecule has 1 atom stereocenters. The van der Waals surface area contributed by atoms with Crippen LogP contribution in [0.2, 0.25) is 0 Å². The summed E-state index contributed by atoms with van der Waals surface area (Å²) in [5.41, 5.74) is 5.85. The standard InChI is InChI=1S/C22H46N2O/c1-3-5-7-8-9-10-11-12-13-14-15-16-17-18-20-24-22(25)21(23)19-6-4-2/h21H,3-20,23H2,1-2H3,(H,24,25). The van der Waals surface area contributed by atoms with E-state index in [1.165, 1.54) is 83.5 Å². The van der Waals surface area contributed by atoms with Gasteiger partial charge in [-0.3, -0.25) is 4.79 Å². The monoisotopic (exact) mass is 354 g/mol. The van der Waals surface area contributed by atoms with Crippen LogP contribution < -0.4 is 11.1 Å². The Morgan fingerprint density at radius 3 is 1.52 bits per heavy atom. The maximum absolute atomic E-state index is 11.7. The van der Waals surface area contributed by atoms with Gasteiger partial charge in [0.05, 0.1) is 6.04 Å². The molecule has 0 aliphatic rings. The molecule has 0 aromatic rings. The maximum atomic E-state index is 11.7. The van der Waals surface area contributed by atoms with Gasteiger partial charge < -0.3 is 11.1 Å². The van der Waals surface area contributed by atoms with Crippen LogP contribution in [-0.4, -0.2) is 18.5 Å². The van der Waals surface area contributed by atoms with Gasteiger partial charge in [-0.15, -0.1) is 0 Å². The lowest BCUT2D eigenvalue weighted by molar-refractivity contribution is -0.122. The third kappa shape index (κ3) is 18.0. The fraction of sp³-hybridized carbons (Fsp3) is 0.955. The van der Waals surface area contributed by atoms with Crippen LogP contribution in [0, 0.1) is 0 Å². The summed E-state index contributed by atoms with van der Waals surface area (Å²) in [5.74, 6) is 0.0307. The molecule has 1 amide bonds. The van der Waals surface area contributed by atoms with Crippen LogP contribution in [0.25, 0.3) is 0 Å². The Kier molecular flexibility index (Phi) is 19.3. The van der Waals surface area contributed by atoms with Crippen LogP contribution in [0.5, 0.6) is 0 Å². The Morgan fingerprint density at radius 1 is 0.680 bits per heavy atom. The van der Waals surface area contributed by atoms with Gasteiger partial charge in [0.15, 0.2) is 0 Å². The van der Waals surface area contributed by atoms with Crippen LogP contribution in [-0.2, 0) is 4.79 Å². The van der Waals surface area contributed by atoms with Crippen molar-refractivity contribution in [2.24, 2.45) is 5.73 Å². The Hall–Kier alpha value is -0.570. The highest BCUT2D eigenvalue weighted by Crippen LogP contribution is 2.12. The van der Waals surface area contributed by atoms with Crippen molar-refractivity contribution in [2.75, 3.05) is 6.54 Å². The molecule has 0 heterocycles. The van der Waals surface area contributed by atoms with Gasteiger partial charge in [-0.05, 0) is 12.8 Å². The van der Waals surface area contributed by atoms with Crippen molar-refractivity contribution in [1.29, 1.82) is 0 Å². The number of unbranched alkanes of at least 4 members (excludes halogenated alkanes) is 14. The van der Waals surface area contributed by atoms with E-state index >= 15 is 0 Å². The molecule has 0 aromatic carbocycles. The molecule has 0 saturated heterocycles. The summed E-state index contributed by atoms with van der Waals surface area (Å²) in [6, 6.07) is -0.313. The van der Waals surface area contributed by atoms with E-state index in [2.05, 4.69) is 19.2 Å². The van der Waals surface area contributed by atoms with Gasteiger partial charge in [-0.1, -0.05) is 110 Å². The average molecular weight is 355 g/mol. The summed E-state index contributed by atoms with van der Waals surface area (Å²) >= 11 is 0. The third-order valence-electron chi connectivity index (χ3n) is 5.04. The second-order valence-electron chi connectivity index (χ2n) is 7.64. The zero-order valence-electron chi connectivity index (χ0n) is 17.3. The highest BCUT2D eigenvalue weighted by atomic mass is 16.2. The molecule has 0 bridgehead atoms. The highest BCUT2D eigenvalue weighted by molar-refractivity contribution is 5.81. The van der Waals surface area contributed by atoms with Crippen LogP contribution in [0.4, 0.5) is 0 Å². The molecule has 3 heteroatoms. The zero-order chi connectivity index (χ0) is 18.6. The molecular formula is C22H46N2O. The lowest BCUT2D eigenvalue weighted by atomic mass is 10.0. The topological polar surface area (TPSA) is 55.1 Å². The molecular weight excluding hydrogens is 308 g/mol. The van der Waals surface area contributed by atoms with Crippen LogP contribution in [0.3, 0.4) is 0 Å². The van der Waals surface area contributed by atoms with E-state index in [4.69, 9.17) is 5.73 Å². The zero-order valence-corrected chi connectivity index (χ0v) is 17.3. The summed E-state index contributed by atoms with van der Waals surface area (Å²) < 4.78 is 0. The lowest BCUT2D eigenvalue weighted by Gasteiger charge is -2.11. The number of nitrogens with two attached hydrogens (primary N) is 1. The van der Waals surface area contributed by atoms with E-state index in [9.17, 15) is 4.79 Å². The number of carbonyl (C=O) groups is 1. The normalized spacial score (nSPS) is 12.3. The first-order valence-corrected chi connectivity index (χ1v) is 11.3. The van der Waals surface area contributed by atoms with E-state index in [1.807, 2.05) is 0 Å². The van der Waals surface area contributed by atoms with Crippen LogP contribution in [0.15, 0.2) is 0 Å². The summed E-state index contributed by atoms with van der Waals surface area (Å²) in [6.45, 7) is 5.19. The minimum absolute atomic E-state index is 0.0307. The van der Waals surface area contributed by atoms with Crippen molar-refractivity contribution in [3.8, 4) is 0 Å². The van der Waals surface area contributed by atoms with E-state index in [0.717, 1.165) is 32.2 Å². The molecule has 0 rings (SSSR count). The molecule has 0 fully saturated rings.